The predicted octanol–water partition coefficient (Wildman–Crippen LogP) is 1.08. The van der Waals surface area contributed by atoms with Gasteiger partial charge in [0.05, 0.1) is 0 Å². The number of rotatable bonds is 1. The van der Waals surface area contributed by atoms with E-state index in [1.807, 2.05) is 0 Å². The zero-order valence-corrected chi connectivity index (χ0v) is 8.34. The minimum Gasteiger partial charge on any atom is -0.314 e. The Hall–Kier alpha value is -0.0800. The summed E-state index contributed by atoms with van der Waals surface area (Å²) in [6.45, 7) is 5.03. The normalized spacial score (nSPS) is 45.7. The molecule has 74 valence electrons. The Morgan fingerprint density at radius 3 is 2.46 bits per heavy atom. The number of nitrogens with zero attached hydrogens (tertiary/aromatic N) is 1. The van der Waals surface area contributed by atoms with E-state index in [1.54, 1.807) is 6.42 Å². The topological polar surface area (TPSA) is 15.3 Å². The number of hydrogen-bond acceptors (Lipinski definition) is 2. The third kappa shape index (κ3) is 1.40. The lowest BCUT2D eigenvalue weighted by Gasteiger charge is -2.37. The molecule has 2 nitrogen and oxygen atoms in total. The van der Waals surface area contributed by atoms with Crippen LogP contribution >= 0.6 is 0 Å². The summed E-state index contributed by atoms with van der Waals surface area (Å²) in [5, 5.41) is 3.44. The Kier molecular flexibility index (Phi) is 2.06. The molecule has 0 aromatic rings. The van der Waals surface area contributed by atoms with Crippen LogP contribution in [-0.4, -0.2) is 37.1 Å². The first-order valence-corrected chi connectivity index (χ1v) is 5.88. The van der Waals surface area contributed by atoms with Crippen LogP contribution in [0.1, 0.15) is 25.7 Å². The lowest BCUT2D eigenvalue weighted by molar-refractivity contribution is 0.126. The number of hydrogen-bond donors (Lipinski definition) is 1. The van der Waals surface area contributed by atoms with Crippen LogP contribution in [0.25, 0.3) is 0 Å². The summed E-state index contributed by atoms with van der Waals surface area (Å²) in [6, 6.07) is 0.973. The monoisotopic (exact) mass is 180 g/mol. The van der Waals surface area contributed by atoms with Crippen molar-refractivity contribution in [3.05, 3.63) is 0 Å². The van der Waals surface area contributed by atoms with Crippen molar-refractivity contribution < 1.29 is 0 Å². The van der Waals surface area contributed by atoms with Crippen molar-refractivity contribution in [2.75, 3.05) is 26.2 Å². The van der Waals surface area contributed by atoms with Gasteiger partial charge in [-0.05, 0) is 31.1 Å². The van der Waals surface area contributed by atoms with Gasteiger partial charge in [-0.25, -0.2) is 0 Å². The summed E-state index contributed by atoms with van der Waals surface area (Å²) in [6.07, 6.45) is 6.13. The van der Waals surface area contributed by atoms with Gasteiger partial charge in [0.25, 0.3) is 0 Å². The Morgan fingerprint density at radius 1 is 1.00 bits per heavy atom. The Bertz CT molecular complexity index is 187. The first kappa shape index (κ1) is 8.25. The van der Waals surface area contributed by atoms with Gasteiger partial charge in [-0.1, -0.05) is 6.42 Å². The summed E-state index contributed by atoms with van der Waals surface area (Å²) in [5.41, 5.74) is 0. The molecular formula is C11H20N2. The summed E-state index contributed by atoms with van der Waals surface area (Å²) in [7, 11) is 0. The van der Waals surface area contributed by atoms with Gasteiger partial charge in [-0.15, -0.1) is 0 Å². The van der Waals surface area contributed by atoms with Gasteiger partial charge >= 0.3 is 0 Å². The number of nitrogens with one attached hydrogen (secondary N) is 1. The van der Waals surface area contributed by atoms with Crippen LogP contribution in [0.5, 0.6) is 0 Å². The van der Waals surface area contributed by atoms with E-state index in [-0.39, 0.29) is 0 Å². The highest BCUT2D eigenvalue weighted by Gasteiger charge is 2.42. The van der Waals surface area contributed by atoms with Crippen molar-refractivity contribution in [3.63, 3.8) is 0 Å². The second-order valence-corrected chi connectivity index (χ2v) is 5.03. The van der Waals surface area contributed by atoms with Crippen LogP contribution in [0.3, 0.4) is 0 Å². The van der Waals surface area contributed by atoms with Crippen LogP contribution in [0.15, 0.2) is 0 Å². The van der Waals surface area contributed by atoms with Gasteiger partial charge in [0.2, 0.25) is 0 Å². The Balaban J connectivity index is 1.65. The van der Waals surface area contributed by atoms with Crippen molar-refractivity contribution in [2.24, 2.45) is 11.8 Å². The fourth-order valence-corrected chi connectivity index (χ4v) is 3.67. The van der Waals surface area contributed by atoms with Crippen LogP contribution in [0.4, 0.5) is 0 Å². The van der Waals surface area contributed by atoms with Crippen molar-refractivity contribution in [2.45, 2.75) is 31.7 Å². The van der Waals surface area contributed by atoms with E-state index in [0.29, 0.717) is 0 Å². The van der Waals surface area contributed by atoms with Gasteiger partial charge in [0.15, 0.2) is 0 Å². The van der Waals surface area contributed by atoms with E-state index < -0.39 is 0 Å². The van der Waals surface area contributed by atoms with Crippen LogP contribution in [0.2, 0.25) is 0 Å². The SMILES string of the molecule is C1CN([C@H]2C[C@H]3CC[C@@H]2C3)CCN1. The molecule has 2 bridgehead atoms. The lowest BCUT2D eigenvalue weighted by Crippen LogP contribution is -2.50. The molecule has 2 saturated carbocycles. The zero-order valence-electron chi connectivity index (χ0n) is 8.34. The molecule has 3 rings (SSSR count). The molecule has 13 heavy (non-hydrogen) atoms. The third-order valence-electron chi connectivity index (χ3n) is 4.32. The van der Waals surface area contributed by atoms with Crippen LogP contribution < -0.4 is 5.32 Å². The fourth-order valence-electron chi connectivity index (χ4n) is 3.67. The molecular weight excluding hydrogens is 160 g/mol. The van der Waals surface area contributed by atoms with Crippen LogP contribution in [-0.2, 0) is 0 Å². The lowest BCUT2D eigenvalue weighted by atomic mass is 9.93. The third-order valence-corrected chi connectivity index (χ3v) is 4.32. The maximum absolute atomic E-state index is 3.44. The highest BCUT2D eigenvalue weighted by atomic mass is 15.2. The molecule has 3 fully saturated rings. The highest BCUT2D eigenvalue weighted by Crippen LogP contribution is 2.46. The molecule has 1 N–H and O–H groups in total. The van der Waals surface area contributed by atoms with Crippen molar-refractivity contribution in [3.8, 4) is 0 Å². The average Bonchev–Trinajstić information content (AvgIpc) is 2.80. The molecule has 2 aliphatic carbocycles. The van der Waals surface area contributed by atoms with Crippen molar-refractivity contribution in [1.82, 2.24) is 10.2 Å². The Morgan fingerprint density at radius 2 is 1.85 bits per heavy atom. The Labute approximate surface area is 80.7 Å². The van der Waals surface area contributed by atoms with E-state index >= 15 is 0 Å². The summed E-state index contributed by atoms with van der Waals surface area (Å²) in [5.74, 6) is 2.17. The first-order valence-electron chi connectivity index (χ1n) is 5.88. The van der Waals surface area contributed by atoms with Crippen molar-refractivity contribution in [1.29, 1.82) is 0 Å². The smallest absolute Gasteiger partial charge is 0.0127 e. The minimum absolute atomic E-state index is 0.973. The van der Waals surface area contributed by atoms with Gasteiger partial charge in [-0.2, -0.15) is 0 Å². The van der Waals surface area contributed by atoms with Gasteiger partial charge in [0, 0.05) is 32.2 Å². The molecule has 0 amide bonds. The van der Waals surface area contributed by atoms with Crippen molar-refractivity contribution >= 4 is 0 Å². The molecule has 0 aromatic heterocycles. The number of fused-ring (bicyclic) bond motifs is 2. The molecule has 3 aliphatic rings. The molecule has 1 saturated heterocycles. The number of piperazine rings is 1. The van der Waals surface area contributed by atoms with E-state index in [1.165, 1.54) is 45.4 Å². The first-order chi connectivity index (χ1) is 6.43. The molecule has 1 aliphatic heterocycles. The zero-order chi connectivity index (χ0) is 8.67. The van der Waals surface area contributed by atoms with E-state index in [0.717, 1.165) is 17.9 Å². The molecule has 0 aromatic carbocycles. The summed E-state index contributed by atoms with van der Waals surface area (Å²) < 4.78 is 0. The quantitative estimate of drug-likeness (QED) is 0.649. The standard InChI is InChI=1S/C11H20N2/c1-2-10-7-9(1)8-11(10)13-5-3-12-4-6-13/h9-12H,1-8H2/t9-,10+,11-/m0/s1. The maximum atomic E-state index is 3.44. The highest BCUT2D eigenvalue weighted by molar-refractivity contribution is 4.96. The molecule has 2 heteroatoms. The van der Waals surface area contributed by atoms with Gasteiger partial charge in [-0.3, -0.25) is 4.90 Å². The second-order valence-electron chi connectivity index (χ2n) is 5.03. The summed E-state index contributed by atoms with van der Waals surface area (Å²) in [4.78, 5) is 2.75. The molecule has 0 spiro atoms. The maximum Gasteiger partial charge on any atom is 0.0127 e. The van der Waals surface area contributed by atoms with Crippen LogP contribution in [0, 0.1) is 11.8 Å². The average molecular weight is 180 g/mol. The molecule has 0 radical (unpaired) electrons. The van der Waals surface area contributed by atoms with E-state index in [4.69, 9.17) is 0 Å². The summed E-state index contributed by atoms with van der Waals surface area (Å²) >= 11 is 0. The minimum atomic E-state index is 0.973. The van der Waals surface area contributed by atoms with Gasteiger partial charge < -0.3 is 5.32 Å². The van der Waals surface area contributed by atoms with Gasteiger partial charge in [0.1, 0.15) is 0 Å². The largest absolute Gasteiger partial charge is 0.314 e. The predicted molar refractivity (Wildman–Crippen MR) is 53.7 cm³/mol. The van der Waals surface area contributed by atoms with E-state index in [2.05, 4.69) is 10.2 Å². The van der Waals surface area contributed by atoms with E-state index in [9.17, 15) is 0 Å². The molecule has 3 atom stereocenters. The fraction of sp³-hybridized carbons (Fsp3) is 1.00. The second kappa shape index (κ2) is 3.25. The molecule has 1 heterocycles. The molecule has 0 unspecified atom stereocenters.